The van der Waals surface area contributed by atoms with Crippen molar-refractivity contribution in [1.82, 2.24) is 4.98 Å². The van der Waals surface area contributed by atoms with E-state index in [4.69, 9.17) is 9.16 Å². The molecule has 0 bridgehead atoms. The molecule has 1 amide bonds. The van der Waals surface area contributed by atoms with Gasteiger partial charge >= 0.3 is 5.97 Å². The van der Waals surface area contributed by atoms with Crippen LogP contribution in [0.4, 0.5) is 5.69 Å². The molecule has 2 aromatic carbocycles. The number of carbonyl (C=O) groups excluding carboxylic acids is 2. The van der Waals surface area contributed by atoms with E-state index >= 15 is 0 Å². The maximum absolute atomic E-state index is 12.4. The third-order valence-electron chi connectivity index (χ3n) is 7.77. The summed E-state index contributed by atoms with van der Waals surface area (Å²) >= 11 is 0. The highest BCUT2D eigenvalue weighted by atomic mass is 28.4. The zero-order chi connectivity index (χ0) is 28.9. The fraction of sp³-hybridized carbons (Fsp3) is 0.500. The first-order valence-corrected chi connectivity index (χ1v) is 16.4. The summed E-state index contributed by atoms with van der Waals surface area (Å²) < 4.78 is 12.0. The predicted octanol–water partition coefficient (Wildman–Crippen LogP) is 8.33. The topological polar surface area (TPSA) is 80.4 Å². The average Bonchev–Trinajstić information content (AvgIpc) is 3.26. The van der Waals surface area contributed by atoms with Crippen LogP contribution in [-0.4, -0.2) is 31.8 Å². The van der Waals surface area contributed by atoms with Gasteiger partial charge < -0.3 is 19.5 Å². The van der Waals surface area contributed by atoms with Gasteiger partial charge in [-0.3, -0.25) is 9.59 Å². The number of aromatic amines is 1. The molecule has 0 aliphatic rings. The van der Waals surface area contributed by atoms with E-state index < -0.39 is 20.2 Å². The lowest BCUT2D eigenvalue weighted by atomic mass is 9.96. The van der Waals surface area contributed by atoms with Crippen LogP contribution in [0.2, 0.25) is 16.6 Å². The molecule has 3 rings (SSSR count). The number of ether oxygens (including phenoxy) is 1. The molecule has 2 N–H and O–H groups in total. The number of esters is 1. The summed E-state index contributed by atoms with van der Waals surface area (Å²) in [6.07, 6.45) is 2.44. The highest BCUT2D eigenvalue weighted by Crippen LogP contribution is 2.44. The molecule has 0 radical (unpaired) electrons. The molecule has 0 fully saturated rings. The first kappa shape index (κ1) is 30.5. The predicted molar refractivity (Wildman–Crippen MR) is 163 cm³/mol. The van der Waals surface area contributed by atoms with Crippen molar-refractivity contribution in [2.45, 2.75) is 97.7 Å². The van der Waals surface area contributed by atoms with Gasteiger partial charge in [0.05, 0.1) is 17.8 Å². The van der Waals surface area contributed by atoms with Crippen molar-refractivity contribution in [2.75, 3.05) is 11.9 Å². The number of aromatic nitrogens is 1. The molecule has 0 saturated heterocycles. The second-order valence-corrected chi connectivity index (χ2v) is 17.1. The van der Waals surface area contributed by atoms with Crippen LogP contribution in [-0.2, 0) is 20.7 Å². The Morgan fingerprint density at radius 1 is 0.949 bits per heavy atom. The maximum Gasteiger partial charge on any atom is 0.315 e. The van der Waals surface area contributed by atoms with Gasteiger partial charge in [0.2, 0.25) is 5.91 Å². The first-order chi connectivity index (χ1) is 18.4. The number of hydrogen-bond acceptors (Lipinski definition) is 4. The van der Waals surface area contributed by atoms with Crippen molar-refractivity contribution in [2.24, 2.45) is 0 Å². The highest BCUT2D eigenvalue weighted by Gasteiger charge is 2.47. The zero-order valence-electron chi connectivity index (χ0n) is 25.1. The van der Waals surface area contributed by atoms with Gasteiger partial charge in [0.1, 0.15) is 12.2 Å². The van der Waals surface area contributed by atoms with Gasteiger partial charge in [0, 0.05) is 11.6 Å². The molecule has 0 aliphatic carbocycles. The summed E-state index contributed by atoms with van der Waals surface area (Å²) in [6, 6.07) is 12.5. The van der Waals surface area contributed by atoms with Crippen molar-refractivity contribution in [3.05, 3.63) is 59.3 Å². The summed E-state index contributed by atoms with van der Waals surface area (Å²) in [5.41, 5.74) is 6.63. The number of H-pyrrole nitrogens is 1. The number of rotatable bonds is 12. The smallest absolute Gasteiger partial charge is 0.315 e. The number of nitrogens with one attached hydrogen (secondary N) is 2. The normalized spacial score (nSPS) is 12.1. The summed E-state index contributed by atoms with van der Waals surface area (Å²) in [5.74, 6) is 0.445. The van der Waals surface area contributed by atoms with E-state index in [0.717, 1.165) is 28.6 Å². The van der Waals surface area contributed by atoms with E-state index in [2.05, 4.69) is 90.0 Å². The molecule has 0 spiro atoms. The quantitative estimate of drug-likeness (QED) is 0.135. The number of carbonyl (C=O) groups is 2. The van der Waals surface area contributed by atoms with Gasteiger partial charge in [0.15, 0.2) is 0 Å². The van der Waals surface area contributed by atoms with E-state index in [0.29, 0.717) is 28.2 Å². The molecule has 3 aromatic rings. The van der Waals surface area contributed by atoms with Gasteiger partial charge in [-0.25, -0.2) is 0 Å². The number of fused-ring (bicyclic) bond motifs is 1. The minimum Gasteiger partial charge on any atom is -0.542 e. The van der Waals surface area contributed by atoms with Crippen LogP contribution in [0.5, 0.6) is 5.75 Å². The fourth-order valence-electron chi connectivity index (χ4n) is 6.02. The Morgan fingerprint density at radius 3 is 2.21 bits per heavy atom. The summed E-state index contributed by atoms with van der Waals surface area (Å²) in [5, 5.41) is 3.89. The minimum absolute atomic E-state index is 0.253. The Hall–Kier alpha value is -3.06. The van der Waals surface area contributed by atoms with Gasteiger partial charge in [0.25, 0.3) is 8.32 Å². The number of hydrogen-bond donors (Lipinski definition) is 2. The second kappa shape index (κ2) is 12.9. The molecule has 6 nitrogen and oxygen atoms in total. The summed E-state index contributed by atoms with van der Waals surface area (Å²) in [7, 11) is -2.07. The highest BCUT2D eigenvalue weighted by molar-refractivity contribution is 6.78. The Bertz CT molecular complexity index is 1270. The van der Waals surface area contributed by atoms with Crippen LogP contribution in [0.25, 0.3) is 10.9 Å². The van der Waals surface area contributed by atoms with Crippen LogP contribution in [0.15, 0.2) is 42.6 Å². The third-order valence-corrected chi connectivity index (χ3v) is 13.8. The monoisotopic (exact) mass is 550 g/mol. The average molecular weight is 551 g/mol. The lowest BCUT2D eigenvalue weighted by molar-refractivity contribution is -0.145. The van der Waals surface area contributed by atoms with E-state index in [1.807, 2.05) is 18.3 Å². The number of anilines is 1. The van der Waals surface area contributed by atoms with Crippen LogP contribution in [0.1, 0.15) is 91.3 Å². The molecule has 212 valence electrons. The molecule has 1 heterocycles. The van der Waals surface area contributed by atoms with Crippen LogP contribution in [0.3, 0.4) is 0 Å². The molecule has 39 heavy (non-hydrogen) atoms. The lowest BCUT2D eigenvalue weighted by Gasteiger charge is -2.43. The Morgan fingerprint density at radius 2 is 1.62 bits per heavy atom. The molecule has 0 unspecified atom stereocenters. The Labute approximate surface area is 235 Å². The van der Waals surface area contributed by atoms with Crippen LogP contribution < -0.4 is 9.74 Å². The molecule has 7 heteroatoms. The van der Waals surface area contributed by atoms with Gasteiger partial charge in [-0.05, 0) is 64.7 Å². The zero-order valence-corrected chi connectivity index (χ0v) is 26.1. The molecule has 0 saturated carbocycles. The van der Waals surface area contributed by atoms with Crippen molar-refractivity contribution >= 4 is 36.8 Å². The largest absolute Gasteiger partial charge is 0.542 e. The summed E-state index contributed by atoms with van der Waals surface area (Å²) in [4.78, 5) is 27.4. The SMILES string of the molecule is CCOC(=O)CC(=O)Nc1cccc2c(Cc3ccc(O[Si](C(C)C)(C(C)C)C(C)C)c(C(C)C)c3)c[nH]c12. The van der Waals surface area contributed by atoms with Crippen molar-refractivity contribution < 1.29 is 18.8 Å². The van der Waals surface area contributed by atoms with Crippen LogP contribution in [0, 0.1) is 0 Å². The molecule has 0 aliphatic heterocycles. The first-order valence-electron chi connectivity index (χ1n) is 14.3. The fourth-order valence-corrected chi connectivity index (χ4v) is 11.3. The summed E-state index contributed by atoms with van der Waals surface area (Å²) in [6.45, 7) is 20.3. The van der Waals surface area contributed by atoms with Crippen molar-refractivity contribution in [1.29, 1.82) is 0 Å². The molecule has 1 aromatic heterocycles. The molecular weight excluding hydrogens is 504 g/mol. The Kier molecular flexibility index (Phi) is 10.0. The maximum atomic E-state index is 12.4. The van der Waals surface area contributed by atoms with Crippen molar-refractivity contribution in [3.63, 3.8) is 0 Å². The van der Waals surface area contributed by atoms with Crippen molar-refractivity contribution in [3.8, 4) is 5.75 Å². The van der Waals surface area contributed by atoms with Gasteiger partial charge in [-0.2, -0.15) is 0 Å². The van der Waals surface area contributed by atoms with E-state index in [1.165, 1.54) is 11.1 Å². The van der Waals surface area contributed by atoms with Gasteiger partial charge in [-0.1, -0.05) is 79.7 Å². The van der Waals surface area contributed by atoms with Crippen LogP contribution >= 0.6 is 0 Å². The molecular formula is C32H46N2O4Si. The van der Waals surface area contributed by atoms with Gasteiger partial charge in [-0.15, -0.1) is 0 Å². The third kappa shape index (κ3) is 6.75. The number of benzene rings is 2. The minimum atomic E-state index is -2.07. The number of amides is 1. The lowest BCUT2D eigenvalue weighted by Crippen LogP contribution is -2.50. The second-order valence-electron chi connectivity index (χ2n) is 11.7. The van der Waals surface area contributed by atoms with E-state index in [1.54, 1.807) is 6.92 Å². The Balaban J connectivity index is 1.89. The van der Waals surface area contributed by atoms with E-state index in [-0.39, 0.29) is 13.0 Å². The molecule has 0 atom stereocenters. The van der Waals surface area contributed by atoms with E-state index in [9.17, 15) is 9.59 Å². The standard InChI is InChI=1S/C32H46N2O4Si/c1-10-37-31(36)18-30(35)34-28-13-11-12-26-25(19-33-32(26)28)16-24-14-15-29(27(17-24)20(2)3)38-39(21(4)5,22(6)7)23(8)9/h11-15,17,19-23,33H,10,16,18H2,1-9H3,(H,34,35). The number of para-hydroxylation sites is 1.